The Bertz CT molecular complexity index is 7210. The van der Waals surface area contributed by atoms with Crippen LogP contribution in [0.4, 0.5) is 0 Å². The maximum absolute atomic E-state index is 2.44. The van der Waals surface area contributed by atoms with E-state index in [4.69, 9.17) is 0 Å². The van der Waals surface area contributed by atoms with E-state index in [0.29, 0.717) is 0 Å². The SMILES string of the molecule is CC1(C)c2cc(-c3ccccc3)ccc2-c2ccc(-c3ccc4c(-c5ccccc5)c5ccccc5c(-c5ccccc5)c4c3)cc21.c1ccc(-c2c3ccccc3c(-c3ccccc3)c3cc(-c4cccc5ccccc45)ccc23)cc1.c1ccc(-c2ccc3c(-c4ccccc4)c4ccccc4c(-c4ccccc4)c3c2)cc1. The number of rotatable bonds is 10. The maximum Gasteiger partial charge on any atom is 0.0159 e. The van der Waals surface area contributed by atoms with Gasteiger partial charge in [-0.15, -0.1) is 0 Å². The van der Waals surface area contributed by atoms with Crippen molar-refractivity contribution < 1.29 is 0 Å². The van der Waals surface area contributed by atoms with Crippen LogP contribution in [0.15, 0.2) is 449 Å². The van der Waals surface area contributed by atoms with Gasteiger partial charge in [0.05, 0.1) is 0 Å². The van der Waals surface area contributed by atoms with Crippen molar-refractivity contribution in [3.8, 4) is 122 Å². The molecule has 0 spiro atoms. The first-order valence-corrected chi connectivity index (χ1v) is 40.0. The summed E-state index contributed by atoms with van der Waals surface area (Å²) in [6.45, 7) is 4.75. The van der Waals surface area contributed by atoms with Gasteiger partial charge in [0.2, 0.25) is 0 Å². The monoisotopic (exact) mass is 1460 g/mol. The van der Waals surface area contributed by atoms with Gasteiger partial charge in [-0.1, -0.05) is 432 Å². The van der Waals surface area contributed by atoms with Gasteiger partial charge in [-0.25, -0.2) is 0 Å². The molecule has 115 heavy (non-hydrogen) atoms. The fourth-order valence-corrected chi connectivity index (χ4v) is 18.4. The van der Waals surface area contributed by atoms with Crippen molar-refractivity contribution in [2.75, 3.05) is 0 Å². The van der Waals surface area contributed by atoms with Crippen LogP contribution in [0.2, 0.25) is 0 Å². The largest absolute Gasteiger partial charge is 0.0622 e. The summed E-state index contributed by atoms with van der Waals surface area (Å²) < 4.78 is 0. The topological polar surface area (TPSA) is 0 Å². The zero-order valence-electron chi connectivity index (χ0n) is 64.2. The molecule has 0 saturated carbocycles. The molecule has 0 amide bonds. The molecule has 0 aromatic heterocycles. The molecule has 0 heteroatoms. The van der Waals surface area contributed by atoms with Crippen LogP contribution < -0.4 is 0 Å². The Morgan fingerprint density at radius 2 is 0.348 bits per heavy atom. The van der Waals surface area contributed by atoms with Gasteiger partial charge < -0.3 is 0 Å². The molecule has 0 bridgehead atoms. The average molecular weight is 1460 g/mol. The molecule has 22 rings (SSSR count). The summed E-state index contributed by atoms with van der Waals surface area (Å²) >= 11 is 0. The Labute approximate surface area is 672 Å². The molecule has 21 aromatic rings. The zero-order chi connectivity index (χ0) is 76.8. The van der Waals surface area contributed by atoms with Crippen LogP contribution in [0.5, 0.6) is 0 Å². The molecule has 21 aromatic carbocycles. The van der Waals surface area contributed by atoms with E-state index in [9.17, 15) is 0 Å². The van der Waals surface area contributed by atoms with Crippen molar-refractivity contribution in [3.63, 3.8) is 0 Å². The lowest BCUT2D eigenvalue weighted by Crippen LogP contribution is -2.15. The second-order valence-corrected chi connectivity index (χ2v) is 30.8. The first kappa shape index (κ1) is 69.6. The first-order chi connectivity index (χ1) is 56.9. The van der Waals surface area contributed by atoms with Gasteiger partial charge in [0.15, 0.2) is 0 Å². The quantitative estimate of drug-likeness (QED) is 0.120. The third-order valence-electron chi connectivity index (χ3n) is 23.8. The van der Waals surface area contributed by atoms with Crippen molar-refractivity contribution in [1.29, 1.82) is 0 Å². The van der Waals surface area contributed by atoms with Crippen LogP contribution in [0, 0.1) is 0 Å². The smallest absolute Gasteiger partial charge is 0.0159 e. The second-order valence-electron chi connectivity index (χ2n) is 30.8. The third-order valence-corrected chi connectivity index (χ3v) is 23.8. The van der Waals surface area contributed by atoms with E-state index in [-0.39, 0.29) is 5.41 Å². The standard InChI is InChI=1S/C47H34.C36H24.C32H22/c1-47(2)43-29-35(31-14-6-3-7-15-31)22-25-37(43)38-26-23-36(30-44(38)47)34-24-27-41-42(28-34)46(33-18-10-5-11-19-33)40-21-13-12-20-39(40)45(41)32-16-8-4-9-17-32;1-3-13-26(14-4-1)35-31-19-9-10-20-32(31)36(27-15-5-2-6-16-27)34-24-28(22-23-33(34)35)30-21-11-17-25-12-7-8-18-29(25)30;1-4-12-23(13-5-1)26-20-21-29-30(22-26)32(25-16-8-3-9-17-25)28-19-11-10-18-27(28)31(29)24-14-6-2-7-15-24/h3-30H,1-2H3;1-24H;1-22H. The lowest BCUT2D eigenvalue weighted by Gasteiger charge is -2.23. The van der Waals surface area contributed by atoms with Crippen LogP contribution in [-0.2, 0) is 5.41 Å². The Kier molecular flexibility index (Phi) is 18.1. The molecule has 0 N–H and O–H groups in total. The van der Waals surface area contributed by atoms with Crippen molar-refractivity contribution >= 4 is 75.4 Å². The van der Waals surface area contributed by atoms with Crippen molar-refractivity contribution in [2.45, 2.75) is 19.3 Å². The Morgan fingerprint density at radius 1 is 0.130 bits per heavy atom. The second kappa shape index (κ2) is 29.9. The van der Waals surface area contributed by atoms with Gasteiger partial charge in [0.25, 0.3) is 0 Å². The predicted octanol–water partition coefficient (Wildman–Crippen LogP) is 32.1. The summed E-state index contributed by atoms with van der Waals surface area (Å²) in [7, 11) is 0. The van der Waals surface area contributed by atoms with Crippen molar-refractivity contribution in [1.82, 2.24) is 0 Å². The highest BCUT2D eigenvalue weighted by molar-refractivity contribution is 6.25. The maximum atomic E-state index is 2.44. The highest BCUT2D eigenvalue weighted by Gasteiger charge is 2.36. The van der Waals surface area contributed by atoms with E-state index in [2.05, 4.69) is 463 Å². The lowest BCUT2D eigenvalue weighted by molar-refractivity contribution is 0.661. The van der Waals surface area contributed by atoms with Gasteiger partial charge >= 0.3 is 0 Å². The predicted molar refractivity (Wildman–Crippen MR) is 494 cm³/mol. The molecule has 1 aliphatic carbocycles. The molecule has 0 unspecified atom stereocenters. The number of hydrogen-bond acceptors (Lipinski definition) is 0. The highest BCUT2D eigenvalue weighted by atomic mass is 14.4. The van der Waals surface area contributed by atoms with Gasteiger partial charge in [0, 0.05) is 5.41 Å². The van der Waals surface area contributed by atoms with E-state index in [0.717, 1.165) is 0 Å². The number of hydrogen-bond donors (Lipinski definition) is 0. The van der Waals surface area contributed by atoms with Gasteiger partial charge in [0.1, 0.15) is 0 Å². The Morgan fingerprint density at radius 3 is 0.678 bits per heavy atom. The van der Waals surface area contributed by atoms with Gasteiger partial charge in [-0.2, -0.15) is 0 Å². The average Bonchev–Trinajstić information content (AvgIpc) is 1.54. The number of benzene rings is 21. The van der Waals surface area contributed by atoms with Crippen LogP contribution >= 0.6 is 0 Å². The van der Waals surface area contributed by atoms with Gasteiger partial charge in [-0.05, 0) is 239 Å². The Balaban J connectivity index is 0.000000114. The summed E-state index contributed by atoms with van der Waals surface area (Å²) in [5.41, 5.74) is 30.6. The molecule has 0 radical (unpaired) electrons. The van der Waals surface area contributed by atoms with Crippen molar-refractivity contribution in [3.05, 3.63) is 460 Å². The summed E-state index contributed by atoms with van der Waals surface area (Å²) in [4.78, 5) is 0. The fraction of sp³-hybridized carbons (Fsp3) is 0.0261. The summed E-state index contributed by atoms with van der Waals surface area (Å²) in [6, 6.07) is 163. The van der Waals surface area contributed by atoms with Crippen LogP contribution in [-0.4, -0.2) is 0 Å². The molecule has 0 nitrogen and oxygen atoms in total. The number of fused-ring (bicyclic) bond motifs is 10. The first-order valence-electron chi connectivity index (χ1n) is 40.0. The van der Waals surface area contributed by atoms with Crippen LogP contribution in [0.3, 0.4) is 0 Å². The van der Waals surface area contributed by atoms with E-state index in [1.54, 1.807) is 0 Å². The highest BCUT2D eigenvalue weighted by Crippen LogP contribution is 2.53. The van der Waals surface area contributed by atoms with E-state index < -0.39 is 0 Å². The molecule has 0 saturated heterocycles. The molecular formula is C115H80. The molecule has 1 aliphatic rings. The minimum Gasteiger partial charge on any atom is -0.0622 e. The normalized spacial score (nSPS) is 12.0. The molecule has 540 valence electrons. The van der Waals surface area contributed by atoms with Crippen LogP contribution in [0.25, 0.3) is 198 Å². The lowest BCUT2D eigenvalue weighted by atomic mass is 9.80. The fourth-order valence-electron chi connectivity index (χ4n) is 18.4. The van der Waals surface area contributed by atoms with Crippen LogP contribution in [0.1, 0.15) is 25.0 Å². The van der Waals surface area contributed by atoms with E-state index in [1.165, 1.54) is 209 Å². The molecular weight excluding hydrogens is 1380 g/mol. The minimum atomic E-state index is -0.103. The van der Waals surface area contributed by atoms with Gasteiger partial charge in [-0.3, -0.25) is 0 Å². The summed E-state index contributed by atoms with van der Waals surface area (Å²) in [6.07, 6.45) is 0. The zero-order valence-corrected chi connectivity index (χ0v) is 64.2. The van der Waals surface area contributed by atoms with E-state index in [1.807, 2.05) is 0 Å². The van der Waals surface area contributed by atoms with E-state index >= 15 is 0 Å². The summed E-state index contributed by atoms with van der Waals surface area (Å²) in [5.74, 6) is 0. The third kappa shape index (κ3) is 12.7. The molecule has 0 atom stereocenters. The Hall–Kier alpha value is -14.6. The molecule has 0 fully saturated rings. The minimum absolute atomic E-state index is 0.103. The molecule has 0 aliphatic heterocycles. The summed E-state index contributed by atoms with van der Waals surface area (Å²) in [5, 5.41) is 17.9. The molecule has 0 heterocycles. The van der Waals surface area contributed by atoms with Crippen molar-refractivity contribution in [2.24, 2.45) is 0 Å².